The van der Waals surface area contributed by atoms with Crippen LogP contribution in [-0.2, 0) is 6.42 Å². The van der Waals surface area contributed by atoms with Crippen LogP contribution in [-0.4, -0.2) is 0 Å². The van der Waals surface area contributed by atoms with Gasteiger partial charge in [0.15, 0.2) is 0 Å². The molecule has 0 nitrogen and oxygen atoms in total. The van der Waals surface area contributed by atoms with E-state index < -0.39 is 0 Å². The van der Waals surface area contributed by atoms with Gasteiger partial charge in [-0.3, -0.25) is 18.8 Å². The molecule has 0 atom stereocenters. The summed E-state index contributed by atoms with van der Waals surface area (Å²) >= 11 is 4.28. The van der Waals surface area contributed by atoms with E-state index in [1.807, 2.05) is 18.2 Å². The third kappa shape index (κ3) is 8.19. The number of halogens is 5. The second kappa shape index (κ2) is 15.1. The van der Waals surface area contributed by atoms with E-state index in [0.29, 0.717) is 0 Å². The summed E-state index contributed by atoms with van der Waals surface area (Å²) in [6, 6.07) is 8.16. The van der Waals surface area contributed by atoms with Crippen molar-refractivity contribution < 1.29 is 18.8 Å². The van der Waals surface area contributed by atoms with Crippen molar-refractivity contribution in [1.29, 1.82) is 0 Å². The molecule has 6 heteroatoms. The summed E-state index contributed by atoms with van der Waals surface area (Å²) in [6.07, 6.45) is 1.07. The van der Waals surface area contributed by atoms with Crippen molar-refractivity contribution in [3.63, 3.8) is 0 Å². The van der Waals surface area contributed by atoms with Gasteiger partial charge in [0, 0.05) is 4.90 Å². The topological polar surface area (TPSA) is 0 Å². The molecular formula is C8H15ClF4S. The highest BCUT2D eigenvalue weighted by Crippen LogP contribution is 2.12. The molecule has 1 rings (SSSR count). The Labute approximate surface area is 92.4 Å². The zero-order valence-corrected chi connectivity index (χ0v) is 9.22. The highest BCUT2D eigenvalue weighted by Gasteiger charge is 1.90. The van der Waals surface area contributed by atoms with Crippen LogP contribution in [0.4, 0.5) is 18.8 Å². The van der Waals surface area contributed by atoms with Gasteiger partial charge >= 0.3 is 0 Å². The lowest BCUT2D eigenvalue weighted by Crippen LogP contribution is -1.79. The molecule has 14 heavy (non-hydrogen) atoms. The molecule has 0 amide bonds. The van der Waals surface area contributed by atoms with Gasteiger partial charge in [0.05, 0.1) is 0 Å². The van der Waals surface area contributed by atoms with E-state index >= 15 is 0 Å². The van der Waals surface area contributed by atoms with E-state index in [9.17, 15) is 0 Å². The van der Waals surface area contributed by atoms with Crippen LogP contribution < -0.4 is 0 Å². The van der Waals surface area contributed by atoms with Gasteiger partial charge in [0.25, 0.3) is 0 Å². The fraction of sp³-hybridized carbons (Fsp3) is 0.250. The van der Waals surface area contributed by atoms with E-state index in [0.717, 1.165) is 11.3 Å². The Morgan fingerprint density at radius 1 is 1.00 bits per heavy atom. The van der Waals surface area contributed by atoms with Gasteiger partial charge in [-0.05, 0) is 18.1 Å². The van der Waals surface area contributed by atoms with E-state index in [1.54, 1.807) is 0 Å². The molecule has 0 N–H and O–H groups in total. The Morgan fingerprint density at radius 2 is 1.43 bits per heavy atom. The SMILES string of the molecule is CCc1ccccc1S.Cl.F.F.F.F. The molecule has 0 aliphatic rings. The molecule has 0 heterocycles. The Kier molecular flexibility index (Phi) is 31.4. The summed E-state index contributed by atoms with van der Waals surface area (Å²) in [5.74, 6) is 0. The lowest BCUT2D eigenvalue weighted by molar-refractivity contribution is 1.09. The van der Waals surface area contributed by atoms with E-state index in [-0.39, 0.29) is 31.2 Å². The van der Waals surface area contributed by atoms with Crippen LogP contribution >= 0.6 is 25.0 Å². The van der Waals surface area contributed by atoms with Gasteiger partial charge in [-0.25, -0.2) is 0 Å². The number of benzene rings is 1. The van der Waals surface area contributed by atoms with Crippen LogP contribution in [0.15, 0.2) is 29.2 Å². The fourth-order valence-corrected chi connectivity index (χ4v) is 1.13. The predicted molar refractivity (Wildman–Crippen MR) is 60.3 cm³/mol. The Morgan fingerprint density at radius 3 is 1.71 bits per heavy atom. The molecule has 0 spiro atoms. The first-order valence-electron chi connectivity index (χ1n) is 3.11. The molecule has 0 saturated carbocycles. The van der Waals surface area contributed by atoms with Crippen molar-refractivity contribution in [1.82, 2.24) is 0 Å². The summed E-state index contributed by atoms with van der Waals surface area (Å²) in [5.41, 5.74) is 1.32. The monoisotopic (exact) mass is 254 g/mol. The van der Waals surface area contributed by atoms with Gasteiger partial charge in [-0.1, -0.05) is 25.1 Å². The van der Waals surface area contributed by atoms with Crippen molar-refractivity contribution in [3.05, 3.63) is 29.8 Å². The van der Waals surface area contributed by atoms with Gasteiger partial charge in [-0.15, -0.1) is 25.0 Å². The molecule has 0 fully saturated rings. The Bertz CT molecular complexity index is 210. The molecule has 0 unspecified atom stereocenters. The zero-order valence-electron chi connectivity index (χ0n) is 7.50. The first-order valence-corrected chi connectivity index (χ1v) is 3.56. The van der Waals surface area contributed by atoms with Crippen molar-refractivity contribution in [3.8, 4) is 0 Å². The van der Waals surface area contributed by atoms with Crippen LogP contribution in [0.25, 0.3) is 0 Å². The predicted octanol–water partition coefficient (Wildman–Crippen LogP) is 3.57. The maximum Gasteiger partial charge on any atom is 0.00719 e. The van der Waals surface area contributed by atoms with Gasteiger partial charge in [0.2, 0.25) is 0 Å². The van der Waals surface area contributed by atoms with Gasteiger partial charge in [-0.2, -0.15) is 0 Å². The lowest BCUT2D eigenvalue weighted by Gasteiger charge is -1.97. The molecule has 0 aliphatic heterocycles. The van der Waals surface area contributed by atoms with E-state index in [4.69, 9.17) is 0 Å². The first-order chi connectivity index (χ1) is 4.34. The Balaban J connectivity index is -0.0000000540. The molecule has 0 aromatic heterocycles. The average molecular weight is 255 g/mol. The summed E-state index contributed by atoms with van der Waals surface area (Å²) < 4.78 is 0. The Hall–Kier alpha value is -0.420. The minimum atomic E-state index is 0. The molecule has 0 saturated heterocycles. The minimum absolute atomic E-state index is 0. The van der Waals surface area contributed by atoms with Crippen LogP contribution in [0, 0.1) is 0 Å². The van der Waals surface area contributed by atoms with Gasteiger partial charge in [0.1, 0.15) is 0 Å². The second-order valence-corrected chi connectivity index (χ2v) is 2.46. The first kappa shape index (κ1) is 29.2. The average Bonchev–Trinajstić information content (AvgIpc) is 1.89. The number of rotatable bonds is 1. The highest BCUT2D eigenvalue weighted by molar-refractivity contribution is 7.80. The maximum absolute atomic E-state index is 4.28. The number of thiol groups is 1. The zero-order chi connectivity index (χ0) is 6.69. The summed E-state index contributed by atoms with van der Waals surface area (Å²) in [6.45, 7) is 2.13. The van der Waals surface area contributed by atoms with Crippen LogP contribution in [0.2, 0.25) is 0 Å². The normalized spacial score (nSPS) is 6.14. The molecule has 0 bridgehead atoms. The highest BCUT2D eigenvalue weighted by atomic mass is 35.5. The van der Waals surface area contributed by atoms with E-state index in [1.165, 1.54) is 5.56 Å². The summed E-state index contributed by atoms with van der Waals surface area (Å²) in [4.78, 5) is 1.10. The fourth-order valence-electron chi connectivity index (χ4n) is 0.810. The maximum atomic E-state index is 4.28. The molecular weight excluding hydrogens is 240 g/mol. The molecule has 1 aromatic rings. The quantitative estimate of drug-likeness (QED) is 0.575. The molecule has 0 radical (unpaired) electrons. The number of hydrogen-bond donors (Lipinski definition) is 1. The smallest absolute Gasteiger partial charge is 0.00719 e. The van der Waals surface area contributed by atoms with Crippen LogP contribution in [0.5, 0.6) is 0 Å². The van der Waals surface area contributed by atoms with Crippen LogP contribution in [0.3, 0.4) is 0 Å². The number of hydrogen-bond acceptors (Lipinski definition) is 1. The number of aryl methyl sites for hydroxylation is 1. The van der Waals surface area contributed by atoms with E-state index in [2.05, 4.69) is 25.6 Å². The van der Waals surface area contributed by atoms with Crippen molar-refractivity contribution in [2.24, 2.45) is 0 Å². The summed E-state index contributed by atoms with van der Waals surface area (Å²) in [7, 11) is 0. The summed E-state index contributed by atoms with van der Waals surface area (Å²) in [5, 5.41) is 0. The lowest BCUT2D eigenvalue weighted by atomic mass is 10.2. The van der Waals surface area contributed by atoms with Crippen LogP contribution in [0.1, 0.15) is 12.5 Å². The molecule has 88 valence electrons. The minimum Gasteiger partial charge on any atom is -0.269 e. The molecule has 1 aromatic carbocycles. The van der Waals surface area contributed by atoms with Crippen molar-refractivity contribution in [2.45, 2.75) is 18.2 Å². The van der Waals surface area contributed by atoms with Crippen molar-refractivity contribution >= 4 is 25.0 Å². The molecule has 0 aliphatic carbocycles. The standard InChI is InChI=1S/C8H10S.ClH.4FH/c1-2-7-5-3-4-6-8(7)9;;;;;/h3-6,9H,2H2,1H3;5*1H. The van der Waals surface area contributed by atoms with Crippen molar-refractivity contribution in [2.75, 3.05) is 0 Å². The third-order valence-corrected chi connectivity index (χ3v) is 1.81. The largest absolute Gasteiger partial charge is 0.269 e. The third-order valence-electron chi connectivity index (χ3n) is 1.37. The second-order valence-electron chi connectivity index (χ2n) is 1.98. The van der Waals surface area contributed by atoms with Gasteiger partial charge < -0.3 is 0 Å².